The summed E-state index contributed by atoms with van der Waals surface area (Å²) in [5.74, 6) is 0.195. The Labute approximate surface area is 144 Å². The maximum absolute atomic E-state index is 12.8. The van der Waals surface area contributed by atoms with Crippen molar-refractivity contribution in [2.45, 2.75) is 13.5 Å². The zero-order valence-corrected chi connectivity index (χ0v) is 14.0. The molecule has 0 saturated carbocycles. The molecule has 3 aromatic rings. The van der Waals surface area contributed by atoms with Crippen molar-refractivity contribution in [2.75, 3.05) is 13.7 Å². The first-order chi connectivity index (χ1) is 12.1. The van der Waals surface area contributed by atoms with Gasteiger partial charge in [0.15, 0.2) is 0 Å². The van der Waals surface area contributed by atoms with Gasteiger partial charge in [0.25, 0.3) is 0 Å². The van der Waals surface area contributed by atoms with E-state index in [2.05, 4.69) is 0 Å². The maximum atomic E-state index is 12.8. The number of carbonyl (C=O) groups is 1. The van der Waals surface area contributed by atoms with Crippen LogP contribution in [0, 0.1) is 0 Å². The number of pyridine rings is 1. The molecule has 1 aliphatic rings. The third kappa shape index (κ3) is 2.31. The summed E-state index contributed by atoms with van der Waals surface area (Å²) in [6.45, 7) is 2.52. The molecule has 2 aromatic carbocycles. The molecule has 0 fully saturated rings. The number of fused-ring (bicyclic) bond motifs is 2. The van der Waals surface area contributed by atoms with E-state index in [1.807, 2.05) is 34.9 Å². The van der Waals surface area contributed by atoms with Crippen LogP contribution in [0.15, 0.2) is 47.4 Å². The summed E-state index contributed by atoms with van der Waals surface area (Å²) in [4.78, 5) is 24.9. The standard InChI is InChI=1S/C20H17NO4/c1-3-25-20(23)17-11-21-10-12-9-13(24-2)7-8-14(12)15-5-4-6-16(18(15)21)19(17)22/h4-9,11H,3,10H2,1-2H3. The van der Waals surface area contributed by atoms with Crippen LogP contribution in [0.5, 0.6) is 5.75 Å². The van der Waals surface area contributed by atoms with Crippen LogP contribution in [0.1, 0.15) is 22.8 Å². The highest BCUT2D eigenvalue weighted by Gasteiger charge is 2.23. The Hall–Kier alpha value is -3.08. The highest BCUT2D eigenvalue weighted by molar-refractivity contribution is 6.00. The molecule has 1 aromatic heterocycles. The van der Waals surface area contributed by atoms with Crippen LogP contribution < -0.4 is 10.2 Å². The normalized spacial score (nSPS) is 11.9. The summed E-state index contributed by atoms with van der Waals surface area (Å²) in [5.41, 5.74) is 3.76. The van der Waals surface area contributed by atoms with Crippen molar-refractivity contribution in [3.63, 3.8) is 0 Å². The van der Waals surface area contributed by atoms with Gasteiger partial charge in [0, 0.05) is 23.7 Å². The van der Waals surface area contributed by atoms with E-state index in [1.54, 1.807) is 26.3 Å². The van der Waals surface area contributed by atoms with Crippen molar-refractivity contribution >= 4 is 16.9 Å². The number of methoxy groups -OCH3 is 1. The van der Waals surface area contributed by atoms with E-state index in [4.69, 9.17) is 9.47 Å². The van der Waals surface area contributed by atoms with Crippen molar-refractivity contribution < 1.29 is 14.3 Å². The van der Waals surface area contributed by atoms with Crippen LogP contribution in [-0.2, 0) is 11.3 Å². The van der Waals surface area contributed by atoms with Gasteiger partial charge in [-0.1, -0.05) is 18.2 Å². The highest BCUT2D eigenvalue weighted by Crippen LogP contribution is 2.36. The van der Waals surface area contributed by atoms with Crippen LogP contribution in [0.2, 0.25) is 0 Å². The number of hydrogen-bond donors (Lipinski definition) is 0. The topological polar surface area (TPSA) is 57.5 Å². The SMILES string of the molecule is CCOC(=O)c1cn2c3c(cccc3c1=O)-c1ccc(OC)cc1C2. The van der Waals surface area contributed by atoms with Gasteiger partial charge in [0.05, 0.1) is 19.2 Å². The Morgan fingerprint density at radius 2 is 2.04 bits per heavy atom. The summed E-state index contributed by atoms with van der Waals surface area (Å²) in [7, 11) is 1.63. The van der Waals surface area contributed by atoms with E-state index in [-0.39, 0.29) is 17.6 Å². The minimum absolute atomic E-state index is 0.0675. The van der Waals surface area contributed by atoms with Crippen molar-refractivity contribution in [2.24, 2.45) is 0 Å². The zero-order valence-electron chi connectivity index (χ0n) is 14.0. The third-order valence-corrected chi connectivity index (χ3v) is 4.54. The Morgan fingerprint density at radius 3 is 2.80 bits per heavy atom. The average molecular weight is 335 g/mol. The lowest BCUT2D eigenvalue weighted by molar-refractivity contribution is 0.0524. The molecule has 0 spiro atoms. The Bertz CT molecular complexity index is 1070. The second-order valence-electron chi connectivity index (χ2n) is 5.95. The van der Waals surface area contributed by atoms with Crippen LogP contribution in [0.4, 0.5) is 0 Å². The van der Waals surface area contributed by atoms with Gasteiger partial charge in [-0.2, -0.15) is 0 Å². The fourth-order valence-electron chi connectivity index (χ4n) is 3.43. The predicted molar refractivity (Wildman–Crippen MR) is 95.3 cm³/mol. The first-order valence-electron chi connectivity index (χ1n) is 8.14. The molecule has 5 nitrogen and oxygen atoms in total. The van der Waals surface area contributed by atoms with Crippen LogP contribution in [-0.4, -0.2) is 24.3 Å². The van der Waals surface area contributed by atoms with Crippen LogP contribution >= 0.6 is 0 Å². The molecule has 1 aliphatic heterocycles. The monoisotopic (exact) mass is 335 g/mol. The zero-order chi connectivity index (χ0) is 17.6. The summed E-state index contributed by atoms with van der Waals surface area (Å²) in [5, 5.41) is 0.532. The van der Waals surface area contributed by atoms with E-state index in [0.717, 1.165) is 28.0 Å². The molecular formula is C20H17NO4. The van der Waals surface area contributed by atoms with Gasteiger partial charge in [-0.3, -0.25) is 4.79 Å². The van der Waals surface area contributed by atoms with Crippen LogP contribution in [0.3, 0.4) is 0 Å². The van der Waals surface area contributed by atoms with Crippen LogP contribution in [0.25, 0.3) is 22.0 Å². The largest absolute Gasteiger partial charge is 0.497 e. The first-order valence-corrected chi connectivity index (χ1v) is 8.14. The number of nitrogens with zero attached hydrogens (tertiary/aromatic N) is 1. The van der Waals surface area contributed by atoms with Gasteiger partial charge >= 0.3 is 5.97 Å². The van der Waals surface area contributed by atoms with E-state index in [1.165, 1.54) is 0 Å². The number of rotatable bonds is 3. The fraction of sp³-hybridized carbons (Fsp3) is 0.200. The molecule has 0 bridgehead atoms. The van der Waals surface area contributed by atoms with E-state index >= 15 is 0 Å². The molecule has 4 rings (SSSR count). The molecule has 2 heterocycles. The highest BCUT2D eigenvalue weighted by atomic mass is 16.5. The van der Waals surface area contributed by atoms with Crippen molar-refractivity contribution in [1.29, 1.82) is 0 Å². The van der Waals surface area contributed by atoms with Crippen molar-refractivity contribution in [3.8, 4) is 16.9 Å². The average Bonchev–Trinajstić information content (AvgIpc) is 2.64. The molecule has 25 heavy (non-hydrogen) atoms. The fourth-order valence-corrected chi connectivity index (χ4v) is 3.43. The van der Waals surface area contributed by atoms with Gasteiger partial charge < -0.3 is 14.0 Å². The van der Waals surface area contributed by atoms with E-state index in [0.29, 0.717) is 11.9 Å². The number of ether oxygens (including phenoxy) is 2. The number of aromatic nitrogens is 1. The number of benzene rings is 2. The second-order valence-corrected chi connectivity index (χ2v) is 5.95. The number of hydrogen-bond acceptors (Lipinski definition) is 4. The molecule has 5 heteroatoms. The summed E-state index contributed by atoms with van der Waals surface area (Å²) >= 11 is 0. The number of para-hydroxylation sites is 1. The summed E-state index contributed by atoms with van der Waals surface area (Å²) < 4.78 is 12.3. The Morgan fingerprint density at radius 1 is 1.20 bits per heavy atom. The van der Waals surface area contributed by atoms with Gasteiger partial charge in [0.1, 0.15) is 11.3 Å². The van der Waals surface area contributed by atoms with Gasteiger partial charge in [-0.15, -0.1) is 0 Å². The molecular weight excluding hydrogens is 318 g/mol. The Balaban J connectivity index is 2.02. The minimum atomic E-state index is -0.583. The summed E-state index contributed by atoms with van der Waals surface area (Å²) in [6, 6.07) is 11.5. The number of carbonyl (C=O) groups excluding carboxylic acids is 1. The maximum Gasteiger partial charge on any atom is 0.343 e. The molecule has 0 N–H and O–H groups in total. The van der Waals surface area contributed by atoms with Crippen molar-refractivity contribution in [1.82, 2.24) is 4.57 Å². The predicted octanol–water partition coefficient (Wildman–Crippen LogP) is 3.22. The molecule has 126 valence electrons. The van der Waals surface area contributed by atoms with Crippen molar-refractivity contribution in [3.05, 3.63) is 63.9 Å². The molecule has 0 amide bonds. The molecule has 0 radical (unpaired) electrons. The lowest BCUT2D eigenvalue weighted by atomic mass is 9.93. The van der Waals surface area contributed by atoms with Gasteiger partial charge in [0.2, 0.25) is 5.43 Å². The quantitative estimate of drug-likeness (QED) is 0.540. The smallest absolute Gasteiger partial charge is 0.343 e. The Kier molecular flexibility index (Phi) is 3.57. The first kappa shape index (κ1) is 15.4. The minimum Gasteiger partial charge on any atom is -0.497 e. The van der Waals surface area contributed by atoms with Gasteiger partial charge in [-0.05, 0) is 36.2 Å². The summed E-state index contributed by atoms with van der Waals surface area (Å²) in [6.07, 6.45) is 1.61. The molecule has 0 unspecified atom stereocenters. The van der Waals surface area contributed by atoms with Gasteiger partial charge in [-0.25, -0.2) is 4.79 Å². The molecule has 0 atom stereocenters. The van der Waals surface area contributed by atoms with E-state index < -0.39 is 5.97 Å². The molecule has 0 aliphatic carbocycles. The second kappa shape index (κ2) is 5.77. The lowest BCUT2D eigenvalue weighted by Gasteiger charge is -2.24. The molecule has 0 saturated heterocycles. The van der Waals surface area contributed by atoms with E-state index in [9.17, 15) is 9.59 Å². The number of esters is 1. The lowest BCUT2D eigenvalue weighted by Crippen LogP contribution is -2.23. The third-order valence-electron chi connectivity index (χ3n) is 4.54.